The molecule has 1 N–H and O–H groups in total. The Kier molecular flexibility index (Phi) is 4.63. The minimum Gasteiger partial charge on any atom is -0.324 e. The standard InChI is InChI=1S/C16H23N3O2/c1-16(2)14(20)19(15(21)17-16)11-7-10-18(3)12-13-8-5-4-6-9-13/h4-6,8-9H,7,10-12H2,1-3H3,(H,17,21). The molecule has 1 fully saturated rings. The number of amides is 3. The number of rotatable bonds is 6. The Morgan fingerprint density at radius 2 is 1.86 bits per heavy atom. The highest BCUT2D eigenvalue weighted by Crippen LogP contribution is 2.16. The van der Waals surface area contributed by atoms with Gasteiger partial charge < -0.3 is 10.2 Å². The monoisotopic (exact) mass is 289 g/mol. The van der Waals surface area contributed by atoms with Crippen LogP contribution in [0.1, 0.15) is 25.8 Å². The van der Waals surface area contributed by atoms with Crippen molar-refractivity contribution < 1.29 is 9.59 Å². The minimum atomic E-state index is -0.771. The van der Waals surface area contributed by atoms with Gasteiger partial charge in [-0.1, -0.05) is 30.3 Å². The van der Waals surface area contributed by atoms with Gasteiger partial charge in [-0.15, -0.1) is 0 Å². The molecule has 0 aromatic heterocycles. The zero-order valence-corrected chi connectivity index (χ0v) is 12.9. The molecule has 1 heterocycles. The van der Waals surface area contributed by atoms with Gasteiger partial charge in [0, 0.05) is 13.1 Å². The van der Waals surface area contributed by atoms with E-state index in [0.717, 1.165) is 19.5 Å². The van der Waals surface area contributed by atoms with Crippen LogP contribution in [0.3, 0.4) is 0 Å². The van der Waals surface area contributed by atoms with Crippen LogP contribution in [0.5, 0.6) is 0 Å². The highest BCUT2D eigenvalue weighted by Gasteiger charge is 2.43. The van der Waals surface area contributed by atoms with E-state index in [0.29, 0.717) is 6.54 Å². The number of imide groups is 1. The summed E-state index contributed by atoms with van der Waals surface area (Å²) < 4.78 is 0. The first-order valence-electron chi connectivity index (χ1n) is 7.27. The van der Waals surface area contributed by atoms with Crippen molar-refractivity contribution in [3.63, 3.8) is 0 Å². The van der Waals surface area contributed by atoms with E-state index in [1.54, 1.807) is 13.8 Å². The minimum absolute atomic E-state index is 0.141. The van der Waals surface area contributed by atoms with Crippen LogP contribution < -0.4 is 5.32 Å². The average molecular weight is 289 g/mol. The van der Waals surface area contributed by atoms with Crippen molar-refractivity contribution >= 4 is 11.9 Å². The molecule has 5 nitrogen and oxygen atoms in total. The SMILES string of the molecule is CN(CCCN1C(=O)NC(C)(C)C1=O)Cc1ccccc1. The van der Waals surface area contributed by atoms with Crippen molar-refractivity contribution in [2.24, 2.45) is 0 Å². The lowest BCUT2D eigenvalue weighted by atomic mass is 10.1. The lowest BCUT2D eigenvalue weighted by Crippen LogP contribution is -2.40. The van der Waals surface area contributed by atoms with Gasteiger partial charge in [0.25, 0.3) is 5.91 Å². The number of hydrogen-bond acceptors (Lipinski definition) is 3. The Morgan fingerprint density at radius 1 is 1.19 bits per heavy atom. The first-order valence-corrected chi connectivity index (χ1v) is 7.27. The van der Waals surface area contributed by atoms with Crippen LogP contribution in [0, 0.1) is 0 Å². The maximum Gasteiger partial charge on any atom is 0.325 e. The number of nitrogens with one attached hydrogen (secondary N) is 1. The molecule has 1 aliphatic rings. The van der Waals surface area contributed by atoms with E-state index in [9.17, 15) is 9.59 Å². The molecule has 0 saturated carbocycles. The molecular formula is C16H23N3O2. The Bertz CT molecular complexity index is 514. The fourth-order valence-corrected chi connectivity index (χ4v) is 2.49. The van der Waals surface area contributed by atoms with Gasteiger partial charge in [0.1, 0.15) is 5.54 Å². The molecule has 0 aliphatic carbocycles. The molecule has 0 radical (unpaired) electrons. The Balaban J connectivity index is 1.77. The summed E-state index contributed by atoms with van der Waals surface area (Å²) in [4.78, 5) is 27.3. The molecule has 0 atom stereocenters. The second-order valence-corrected chi connectivity index (χ2v) is 6.09. The molecule has 3 amide bonds. The van der Waals surface area contributed by atoms with Gasteiger partial charge in [0.15, 0.2) is 0 Å². The van der Waals surface area contributed by atoms with Crippen LogP contribution in [0.2, 0.25) is 0 Å². The molecule has 114 valence electrons. The topological polar surface area (TPSA) is 52.6 Å². The largest absolute Gasteiger partial charge is 0.325 e. The highest BCUT2D eigenvalue weighted by atomic mass is 16.2. The van der Waals surface area contributed by atoms with E-state index in [2.05, 4.69) is 22.3 Å². The van der Waals surface area contributed by atoms with Gasteiger partial charge in [-0.3, -0.25) is 9.69 Å². The fraction of sp³-hybridized carbons (Fsp3) is 0.500. The molecule has 1 aromatic carbocycles. The van der Waals surface area contributed by atoms with Crippen molar-refractivity contribution in [1.29, 1.82) is 0 Å². The number of carbonyl (C=O) groups excluding carboxylic acids is 2. The van der Waals surface area contributed by atoms with Gasteiger partial charge in [0.2, 0.25) is 0 Å². The van der Waals surface area contributed by atoms with Gasteiger partial charge in [-0.25, -0.2) is 4.79 Å². The van der Waals surface area contributed by atoms with E-state index in [4.69, 9.17) is 0 Å². The Morgan fingerprint density at radius 3 is 2.43 bits per heavy atom. The number of nitrogens with zero attached hydrogens (tertiary/aromatic N) is 2. The summed E-state index contributed by atoms with van der Waals surface area (Å²) in [7, 11) is 2.04. The summed E-state index contributed by atoms with van der Waals surface area (Å²) >= 11 is 0. The van der Waals surface area contributed by atoms with Crippen LogP contribution >= 0.6 is 0 Å². The number of benzene rings is 1. The first-order chi connectivity index (χ1) is 9.90. The van der Waals surface area contributed by atoms with E-state index >= 15 is 0 Å². The second kappa shape index (κ2) is 6.26. The predicted molar refractivity (Wildman–Crippen MR) is 81.7 cm³/mol. The second-order valence-electron chi connectivity index (χ2n) is 6.09. The van der Waals surface area contributed by atoms with E-state index in [1.807, 2.05) is 25.2 Å². The van der Waals surface area contributed by atoms with Crippen molar-refractivity contribution in [3.8, 4) is 0 Å². The zero-order chi connectivity index (χ0) is 15.5. The summed E-state index contributed by atoms with van der Waals surface area (Å²) in [5, 5.41) is 2.69. The maximum absolute atomic E-state index is 12.0. The predicted octanol–water partition coefficient (Wildman–Crippen LogP) is 1.84. The van der Waals surface area contributed by atoms with Crippen molar-refractivity contribution in [3.05, 3.63) is 35.9 Å². The van der Waals surface area contributed by atoms with Crippen molar-refractivity contribution in [1.82, 2.24) is 15.1 Å². The summed E-state index contributed by atoms with van der Waals surface area (Å²) in [6.07, 6.45) is 0.776. The lowest BCUT2D eigenvalue weighted by molar-refractivity contribution is -0.130. The number of carbonyl (C=O) groups is 2. The molecule has 2 rings (SSSR count). The maximum atomic E-state index is 12.0. The molecule has 0 bridgehead atoms. The van der Waals surface area contributed by atoms with Gasteiger partial charge >= 0.3 is 6.03 Å². The molecule has 5 heteroatoms. The Hall–Kier alpha value is -1.88. The van der Waals surface area contributed by atoms with Crippen LogP contribution in [-0.4, -0.2) is 47.4 Å². The smallest absolute Gasteiger partial charge is 0.324 e. The lowest BCUT2D eigenvalue weighted by Gasteiger charge is -2.19. The molecule has 1 saturated heterocycles. The molecule has 0 unspecified atom stereocenters. The summed E-state index contributed by atoms with van der Waals surface area (Å²) in [5.74, 6) is -0.141. The summed E-state index contributed by atoms with van der Waals surface area (Å²) in [5.41, 5.74) is 0.489. The van der Waals surface area contributed by atoms with Gasteiger partial charge in [-0.05, 0) is 39.4 Å². The molecular weight excluding hydrogens is 266 g/mol. The van der Waals surface area contributed by atoms with Gasteiger partial charge in [-0.2, -0.15) is 0 Å². The fourth-order valence-electron chi connectivity index (χ4n) is 2.49. The molecule has 21 heavy (non-hydrogen) atoms. The molecule has 0 spiro atoms. The Labute approximate surface area is 125 Å². The van der Waals surface area contributed by atoms with Crippen molar-refractivity contribution in [2.45, 2.75) is 32.4 Å². The van der Waals surface area contributed by atoms with Crippen LogP contribution in [0.4, 0.5) is 4.79 Å². The third kappa shape index (κ3) is 3.82. The third-order valence-corrected chi connectivity index (χ3v) is 3.66. The zero-order valence-electron chi connectivity index (χ0n) is 12.9. The highest BCUT2D eigenvalue weighted by molar-refractivity contribution is 6.06. The summed E-state index contributed by atoms with van der Waals surface area (Å²) in [6, 6.07) is 9.96. The van der Waals surface area contributed by atoms with E-state index in [-0.39, 0.29) is 11.9 Å². The van der Waals surface area contributed by atoms with Gasteiger partial charge in [0.05, 0.1) is 0 Å². The molecule has 1 aliphatic heterocycles. The van der Waals surface area contributed by atoms with Crippen LogP contribution in [0.25, 0.3) is 0 Å². The third-order valence-electron chi connectivity index (χ3n) is 3.66. The first kappa shape index (κ1) is 15.5. The molecule has 1 aromatic rings. The summed E-state index contributed by atoms with van der Waals surface area (Å²) in [6.45, 7) is 5.63. The van der Waals surface area contributed by atoms with Crippen LogP contribution in [0.15, 0.2) is 30.3 Å². The normalized spacial score (nSPS) is 17.4. The van der Waals surface area contributed by atoms with E-state index < -0.39 is 5.54 Å². The number of hydrogen-bond donors (Lipinski definition) is 1. The van der Waals surface area contributed by atoms with E-state index in [1.165, 1.54) is 10.5 Å². The quantitative estimate of drug-likeness (QED) is 0.813. The van der Waals surface area contributed by atoms with Crippen LogP contribution in [-0.2, 0) is 11.3 Å². The number of urea groups is 1. The average Bonchev–Trinajstić information content (AvgIpc) is 2.61. The van der Waals surface area contributed by atoms with Crippen molar-refractivity contribution in [2.75, 3.05) is 20.1 Å².